The summed E-state index contributed by atoms with van der Waals surface area (Å²) in [5.41, 5.74) is 3.02. The number of carbonyl (C=O) groups is 3. The molecular formula is C52H56Cl6N2O15. The highest BCUT2D eigenvalue weighted by Gasteiger charge is 2.56. The van der Waals surface area contributed by atoms with E-state index >= 15 is 0 Å². The van der Waals surface area contributed by atoms with Crippen molar-refractivity contribution in [3.63, 3.8) is 0 Å². The maximum Gasteiger partial charge on any atom is 0.407 e. The predicted molar refractivity (Wildman–Crippen MR) is 277 cm³/mol. The monoisotopic (exact) mass is 1160 g/mol. The molecule has 2 N–H and O–H groups in total. The number of hydrogen-bond acceptors (Lipinski definition) is 15. The maximum atomic E-state index is 13.9. The summed E-state index contributed by atoms with van der Waals surface area (Å²) in [5.74, 6) is -0.783. The van der Waals surface area contributed by atoms with E-state index in [-0.39, 0.29) is 39.6 Å². The van der Waals surface area contributed by atoms with Crippen LogP contribution < -0.4 is 10.6 Å². The number of benzene rings is 4. The number of rotatable bonds is 22. The van der Waals surface area contributed by atoms with Crippen LogP contribution in [0.3, 0.4) is 0 Å². The number of carbonyl (C=O) groups excluding carboxylic acids is 3. The van der Waals surface area contributed by atoms with Crippen LogP contribution in [0.15, 0.2) is 134 Å². The first-order valence-electron chi connectivity index (χ1n) is 23.7. The summed E-state index contributed by atoms with van der Waals surface area (Å²) < 4.78 is 71.7. The summed E-state index contributed by atoms with van der Waals surface area (Å²) in [6, 6.07) is 34.1. The molecular weight excluding hydrogens is 1110 g/mol. The van der Waals surface area contributed by atoms with Crippen LogP contribution in [0, 0.1) is 0 Å². The van der Waals surface area contributed by atoms with Crippen LogP contribution in [0.25, 0.3) is 0 Å². The summed E-state index contributed by atoms with van der Waals surface area (Å²) in [7, 11) is 0. The summed E-state index contributed by atoms with van der Waals surface area (Å²) >= 11 is 36.0. The highest BCUT2D eigenvalue weighted by atomic mass is 35.6. The van der Waals surface area contributed by atoms with E-state index < -0.39 is 113 Å². The summed E-state index contributed by atoms with van der Waals surface area (Å²) in [5, 5.41) is 5.53. The number of alkyl halides is 6. The Morgan fingerprint density at radius 2 is 1.19 bits per heavy atom. The van der Waals surface area contributed by atoms with E-state index in [1.165, 1.54) is 13.0 Å². The molecule has 3 fully saturated rings. The van der Waals surface area contributed by atoms with Gasteiger partial charge in [-0.15, -0.1) is 6.58 Å². The molecule has 0 bridgehead atoms. The topological polar surface area (TPSA) is 186 Å². The number of halogens is 6. The van der Waals surface area contributed by atoms with Crippen molar-refractivity contribution < 1.29 is 71.2 Å². The Morgan fingerprint density at radius 3 is 1.75 bits per heavy atom. The lowest BCUT2D eigenvalue weighted by molar-refractivity contribution is -0.371. The Morgan fingerprint density at radius 1 is 0.653 bits per heavy atom. The Balaban J connectivity index is 1.30. The first kappa shape index (κ1) is 58.7. The molecule has 17 nitrogen and oxygen atoms in total. The van der Waals surface area contributed by atoms with Gasteiger partial charge in [0.2, 0.25) is 7.59 Å². The lowest BCUT2D eigenvalue weighted by atomic mass is 9.93. The molecule has 12 atom stereocenters. The third kappa shape index (κ3) is 18.3. The zero-order chi connectivity index (χ0) is 53.4. The van der Waals surface area contributed by atoms with Gasteiger partial charge in [-0.25, -0.2) is 14.4 Å². The van der Waals surface area contributed by atoms with E-state index in [9.17, 15) is 14.4 Å². The van der Waals surface area contributed by atoms with Gasteiger partial charge in [-0.1, -0.05) is 197 Å². The minimum absolute atomic E-state index is 0.0184. The molecule has 0 aliphatic carbocycles. The zero-order valence-corrected chi connectivity index (χ0v) is 44.8. The standard InChI is InChI=1S/C52H56Cl6N2O15/c1-3-24-65-47-40(60-50(63)70-31-52(56,57)58)44(71-32(2)45(61)67-27-35-20-12-6-13-21-35)42(37(72-47)28-64-25-33-16-8-4-9-17-33)75-48-39(59-49(62)69-30-51(53,54)55)43(66-26-34-18-10-5-11-19-34)41-38(73-48)29-68-46(74-41)36-22-14-7-15-23-36/h3-23,32,37-44,46-48H,1,24-31H2,2H3,(H,59,62)(H,60,63)/t32?,37-,38-,39-,40-,41-,42-,43-,44-,46?,47+,48+/m1/s1. The molecule has 3 aliphatic rings. The molecule has 0 saturated carbocycles. The first-order valence-corrected chi connectivity index (χ1v) is 25.9. The van der Waals surface area contributed by atoms with Gasteiger partial charge in [0.25, 0.3) is 0 Å². The van der Waals surface area contributed by atoms with Crippen molar-refractivity contribution in [1.82, 2.24) is 10.6 Å². The molecule has 4 aromatic carbocycles. The predicted octanol–water partition coefficient (Wildman–Crippen LogP) is 9.39. The van der Waals surface area contributed by atoms with E-state index in [0.717, 1.165) is 11.1 Å². The van der Waals surface area contributed by atoms with Gasteiger partial charge in [0, 0.05) is 5.56 Å². The minimum atomic E-state index is -2.00. The average molecular weight is 1160 g/mol. The van der Waals surface area contributed by atoms with Crippen LogP contribution in [-0.2, 0) is 81.5 Å². The molecule has 3 heterocycles. The van der Waals surface area contributed by atoms with Crippen LogP contribution in [0.5, 0.6) is 0 Å². The Hall–Kier alpha value is -3.99. The smallest absolute Gasteiger partial charge is 0.407 e. The molecule has 2 amide bonds. The molecule has 4 aromatic rings. The van der Waals surface area contributed by atoms with Crippen molar-refractivity contribution in [3.8, 4) is 0 Å². The highest BCUT2D eigenvalue weighted by molar-refractivity contribution is 6.68. The molecule has 0 aromatic heterocycles. The fourth-order valence-electron chi connectivity index (χ4n) is 8.22. The molecule has 23 heteroatoms. The summed E-state index contributed by atoms with van der Waals surface area (Å²) in [4.78, 5) is 41.6. The number of fused-ring (bicyclic) bond motifs is 1. The third-order valence-electron chi connectivity index (χ3n) is 11.6. The van der Waals surface area contributed by atoms with Gasteiger partial charge in [0.1, 0.15) is 68.5 Å². The molecule has 75 heavy (non-hydrogen) atoms. The number of esters is 1. The number of ether oxygens (including phenoxy) is 12. The van der Waals surface area contributed by atoms with Crippen LogP contribution >= 0.6 is 69.6 Å². The normalized spacial score (nSPS) is 26.2. The number of nitrogens with one attached hydrogen (secondary N) is 2. The van der Waals surface area contributed by atoms with Gasteiger partial charge in [-0.3, -0.25) is 0 Å². The first-order chi connectivity index (χ1) is 36.0. The molecule has 3 saturated heterocycles. The van der Waals surface area contributed by atoms with Crippen molar-refractivity contribution in [2.45, 2.75) is 108 Å². The van der Waals surface area contributed by atoms with E-state index in [0.29, 0.717) is 11.1 Å². The van der Waals surface area contributed by atoms with Gasteiger partial charge in [-0.2, -0.15) is 0 Å². The van der Waals surface area contributed by atoms with Crippen LogP contribution in [0.4, 0.5) is 9.59 Å². The maximum absolute atomic E-state index is 13.9. The molecule has 0 radical (unpaired) electrons. The summed E-state index contributed by atoms with van der Waals surface area (Å²) in [6.07, 6.45) is -12.9. The van der Waals surface area contributed by atoms with Crippen LogP contribution in [-0.4, -0.2) is 126 Å². The Labute approximate surface area is 464 Å². The van der Waals surface area contributed by atoms with Gasteiger partial charge >= 0.3 is 18.2 Å². The second kappa shape index (κ2) is 28.6. The summed E-state index contributed by atoms with van der Waals surface area (Å²) in [6.45, 7) is 3.59. The largest absolute Gasteiger partial charge is 0.459 e. The molecule has 2 unspecified atom stereocenters. The minimum Gasteiger partial charge on any atom is -0.459 e. The molecule has 0 spiro atoms. The van der Waals surface area contributed by atoms with E-state index in [1.807, 2.05) is 97.1 Å². The second-order valence-corrected chi connectivity index (χ2v) is 22.3. The highest BCUT2D eigenvalue weighted by Crippen LogP contribution is 2.39. The molecule has 3 aliphatic heterocycles. The van der Waals surface area contributed by atoms with Crippen molar-refractivity contribution in [2.75, 3.05) is 33.0 Å². The quantitative estimate of drug-likeness (QED) is 0.0328. The number of alkyl carbamates (subject to hydrolysis) is 2. The van der Waals surface area contributed by atoms with Gasteiger partial charge in [-0.05, 0) is 23.6 Å². The van der Waals surface area contributed by atoms with Gasteiger partial charge in [0.05, 0.1) is 33.0 Å². The number of hydrogen-bond donors (Lipinski definition) is 2. The van der Waals surface area contributed by atoms with Crippen LogP contribution in [0.2, 0.25) is 0 Å². The zero-order valence-electron chi connectivity index (χ0n) is 40.3. The van der Waals surface area contributed by atoms with Gasteiger partial charge < -0.3 is 67.5 Å². The fraction of sp³-hybridized carbons (Fsp3) is 0.442. The van der Waals surface area contributed by atoms with Gasteiger partial charge in [0.15, 0.2) is 25.0 Å². The Kier molecular flexibility index (Phi) is 22.4. The number of amides is 2. The van der Waals surface area contributed by atoms with E-state index in [4.69, 9.17) is 126 Å². The van der Waals surface area contributed by atoms with E-state index in [2.05, 4.69) is 17.2 Å². The van der Waals surface area contributed by atoms with E-state index in [1.54, 1.807) is 24.3 Å². The lowest BCUT2D eigenvalue weighted by Gasteiger charge is -2.52. The van der Waals surface area contributed by atoms with Crippen LogP contribution in [0.1, 0.15) is 35.5 Å². The SMILES string of the molecule is C=CCO[C@H]1O[C@H](COCc2ccccc2)[C@@H](O[C@@H]2O[C@@H]3COC(c4ccccc4)O[C@H]3[C@H](OCc3ccccc3)[C@H]2NC(=O)OCC(Cl)(Cl)Cl)[C@H](OC(C)C(=O)OCc2ccccc2)[C@H]1NC(=O)OCC(Cl)(Cl)Cl. The molecule has 406 valence electrons. The van der Waals surface area contributed by atoms with Crippen molar-refractivity contribution in [1.29, 1.82) is 0 Å². The molecule has 7 rings (SSSR count). The third-order valence-corrected chi connectivity index (χ3v) is 12.3. The Bertz CT molecular complexity index is 2400. The average Bonchev–Trinajstić information content (AvgIpc) is 3.40. The fourth-order valence-corrected chi connectivity index (χ4v) is 8.54. The van der Waals surface area contributed by atoms with Crippen molar-refractivity contribution in [3.05, 3.63) is 156 Å². The lowest BCUT2D eigenvalue weighted by Crippen LogP contribution is -2.71. The van der Waals surface area contributed by atoms with Crippen molar-refractivity contribution >= 4 is 87.8 Å². The second-order valence-electron chi connectivity index (χ2n) is 17.3. The van der Waals surface area contributed by atoms with Crippen molar-refractivity contribution in [2.24, 2.45) is 0 Å².